The average molecular weight is 570 g/mol. The molecule has 0 spiro atoms. The van der Waals surface area contributed by atoms with Gasteiger partial charge in [0, 0.05) is 30.9 Å². The molecule has 3 aromatic carbocycles. The summed E-state index contributed by atoms with van der Waals surface area (Å²) in [5.74, 6) is 1.66. The van der Waals surface area contributed by atoms with Crippen molar-refractivity contribution in [3.05, 3.63) is 66.7 Å². The van der Waals surface area contributed by atoms with Gasteiger partial charge in [0.05, 0.1) is 39.2 Å². The van der Waals surface area contributed by atoms with Gasteiger partial charge in [-0.3, -0.25) is 9.52 Å². The SMILES string of the molecule is CCOc1ccccc1OCCCC(=O)Nc1ccc(N2CCOCC2)c(S(=O)(=O)Nc2ccc(OC)cc2)c1. The van der Waals surface area contributed by atoms with Crippen LogP contribution in [0, 0.1) is 0 Å². The number of ether oxygens (including phenoxy) is 4. The number of carbonyl (C=O) groups excluding carboxylic acids is 1. The smallest absolute Gasteiger partial charge is 0.264 e. The van der Waals surface area contributed by atoms with Crippen LogP contribution in [0.2, 0.25) is 0 Å². The molecule has 2 N–H and O–H groups in total. The number of para-hydroxylation sites is 2. The van der Waals surface area contributed by atoms with Gasteiger partial charge in [-0.2, -0.15) is 0 Å². The molecule has 1 aliphatic heterocycles. The van der Waals surface area contributed by atoms with Gasteiger partial charge in [-0.1, -0.05) is 12.1 Å². The monoisotopic (exact) mass is 569 g/mol. The summed E-state index contributed by atoms with van der Waals surface area (Å²) in [6.07, 6.45) is 0.677. The summed E-state index contributed by atoms with van der Waals surface area (Å²) >= 11 is 0. The van der Waals surface area contributed by atoms with Crippen LogP contribution in [0.5, 0.6) is 17.2 Å². The summed E-state index contributed by atoms with van der Waals surface area (Å²) in [6.45, 7) is 4.88. The first kappa shape index (κ1) is 29.0. The lowest BCUT2D eigenvalue weighted by atomic mass is 10.2. The third-order valence-corrected chi connectivity index (χ3v) is 7.59. The van der Waals surface area contributed by atoms with Crippen LogP contribution in [0.15, 0.2) is 71.6 Å². The normalized spacial score (nSPS) is 13.4. The van der Waals surface area contributed by atoms with Crippen molar-refractivity contribution in [2.45, 2.75) is 24.7 Å². The highest BCUT2D eigenvalue weighted by Crippen LogP contribution is 2.31. The van der Waals surface area contributed by atoms with Gasteiger partial charge in [0.2, 0.25) is 5.91 Å². The van der Waals surface area contributed by atoms with Gasteiger partial charge in [0.15, 0.2) is 11.5 Å². The second kappa shape index (κ2) is 13.9. The van der Waals surface area contributed by atoms with E-state index in [1.54, 1.807) is 43.5 Å². The zero-order valence-electron chi connectivity index (χ0n) is 22.7. The van der Waals surface area contributed by atoms with Crippen molar-refractivity contribution in [1.82, 2.24) is 0 Å². The van der Waals surface area contributed by atoms with Crippen molar-refractivity contribution in [1.29, 1.82) is 0 Å². The van der Waals surface area contributed by atoms with Crippen LogP contribution in [-0.2, 0) is 19.6 Å². The Bertz CT molecular complexity index is 1370. The molecule has 0 aliphatic carbocycles. The lowest BCUT2D eigenvalue weighted by Crippen LogP contribution is -2.37. The second-order valence-electron chi connectivity index (χ2n) is 9.00. The molecule has 3 aromatic rings. The highest BCUT2D eigenvalue weighted by molar-refractivity contribution is 7.92. The van der Waals surface area contributed by atoms with Crippen molar-refractivity contribution in [3.8, 4) is 17.2 Å². The summed E-state index contributed by atoms with van der Waals surface area (Å²) in [5, 5.41) is 2.82. The Kier molecular flexibility index (Phi) is 10.1. The minimum absolute atomic E-state index is 0.0684. The van der Waals surface area contributed by atoms with Crippen LogP contribution in [0.4, 0.5) is 17.1 Å². The molecular weight excluding hydrogens is 534 g/mol. The van der Waals surface area contributed by atoms with Crippen LogP contribution in [-0.4, -0.2) is 61.0 Å². The number of nitrogens with zero attached hydrogens (tertiary/aromatic N) is 1. The molecule has 0 saturated carbocycles. The molecule has 1 aliphatic rings. The van der Waals surface area contributed by atoms with E-state index in [4.69, 9.17) is 18.9 Å². The lowest BCUT2D eigenvalue weighted by Gasteiger charge is -2.30. The van der Waals surface area contributed by atoms with Gasteiger partial charge < -0.3 is 29.2 Å². The maximum atomic E-state index is 13.5. The number of benzene rings is 3. The van der Waals surface area contributed by atoms with Gasteiger partial charge in [-0.05, 0) is 67.9 Å². The highest BCUT2D eigenvalue weighted by atomic mass is 32.2. The molecule has 11 heteroatoms. The number of carbonyl (C=O) groups is 1. The van der Waals surface area contributed by atoms with E-state index in [1.165, 1.54) is 6.07 Å². The predicted octanol–water partition coefficient (Wildman–Crippen LogP) is 4.53. The molecule has 40 heavy (non-hydrogen) atoms. The van der Waals surface area contributed by atoms with Gasteiger partial charge >= 0.3 is 0 Å². The molecule has 1 amide bonds. The zero-order valence-corrected chi connectivity index (χ0v) is 23.5. The number of sulfonamides is 1. The molecule has 1 heterocycles. The van der Waals surface area contributed by atoms with Crippen LogP contribution in [0.25, 0.3) is 0 Å². The summed E-state index contributed by atoms with van der Waals surface area (Å²) in [5.41, 5.74) is 1.33. The van der Waals surface area contributed by atoms with E-state index in [9.17, 15) is 13.2 Å². The van der Waals surface area contributed by atoms with Gasteiger partial charge in [0.1, 0.15) is 10.6 Å². The molecule has 4 rings (SSSR count). The van der Waals surface area contributed by atoms with Gasteiger partial charge in [0.25, 0.3) is 10.0 Å². The topological polar surface area (TPSA) is 115 Å². The minimum atomic E-state index is -3.99. The summed E-state index contributed by atoms with van der Waals surface area (Å²) < 4.78 is 51.7. The fourth-order valence-corrected chi connectivity index (χ4v) is 5.54. The highest BCUT2D eigenvalue weighted by Gasteiger charge is 2.24. The molecule has 0 unspecified atom stereocenters. The van der Waals surface area contributed by atoms with E-state index < -0.39 is 10.0 Å². The summed E-state index contributed by atoms with van der Waals surface area (Å²) in [6, 6.07) is 18.9. The average Bonchev–Trinajstić information content (AvgIpc) is 2.97. The molecule has 1 fully saturated rings. The molecule has 10 nitrogen and oxygen atoms in total. The maximum absolute atomic E-state index is 13.5. The fraction of sp³-hybridized carbons (Fsp3) is 0.345. The Morgan fingerprint density at radius 3 is 2.30 bits per heavy atom. The lowest BCUT2D eigenvalue weighted by molar-refractivity contribution is -0.116. The van der Waals surface area contributed by atoms with E-state index >= 15 is 0 Å². The predicted molar refractivity (Wildman–Crippen MR) is 154 cm³/mol. The first-order chi connectivity index (χ1) is 19.4. The number of anilines is 3. The standard InChI is InChI=1S/C29H35N3O7S/c1-3-38-26-7-4-5-8-27(26)39-18-6-9-29(33)30-23-12-15-25(32-16-19-37-20-17-32)28(21-23)40(34,35)31-22-10-13-24(36-2)14-11-22/h4-5,7-8,10-15,21,31H,3,6,9,16-20H2,1-2H3,(H,30,33). The first-order valence-electron chi connectivity index (χ1n) is 13.2. The largest absolute Gasteiger partial charge is 0.497 e. The molecule has 0 radical (unpaired) electrons. The zero-order chi connectivity index (χ0) is 28.4. The van der Waals surface area contributed by atoms with E-state index in [0.29, 0.717) is 80.2 Å². The van der Waals surface area contributed by atoms with E-state index in [1.807, 2.05) is 36.1 Å². The Labute approximate surface area is 235 Å². The van der Waals surface area contributed by atoms with Crippen LogP contribution >= 0.6 is 0 Å². The number of nitrogens with one attached hydrogen (secondary N) is 2. The van der Waals surface area contributed by atoms with Crippen LogP contribution in [0.1, 0.15) is 19.8 Å². The number of amides is 1. The Morgan fingerprint density at radius 2 is 1.62 bits per heavy atom. The number of rotatable bonds is 13. The third kappa shape index (κ3) is 7.80. The summed E-state index contributed by atoms with van der Waals surface area (Å²) in [7, 11) is -2.44. The van der Waals surface area contributed by atoms with Crippen molar-refractivity contribution >= 4 is 33.0 Å². The van der Waals surface area contributed by atoms with Crippen molar-refractivity contribution < 1.29 is 32.2 Å². The van der Waals surface area contributed by atoms with Gasteiger partial charge in [-0.15, -0.1) is 0 Å². The number of hydrogen-bond donors (Lipinski definition) is 2. The minimum Gasteiger partial charge on any atom is -0.497 e. The molecule has 1 saturated heterocycles. The third-order valence-electron chi connectivity index (χ3n) is 6.18. The van der Waals surface area contributed by atoms with Crippen molar-refractivity contribution in [2.75, 3.05) is 61.6 Å². The van der Waals surface area contributed by atoms with E-state index in [0.717, 1.165) is 0 Å². The maximum Gasteiger partial charge on any atom is 0.264 e. The van der Waals surface area contributed by atoms with Gasteiger partial charge in [-0.25, -0.2) is 8.42 Å². The molecule has 0 aromatic heterocycles. The quantitative estimate of drug-likeness (QED) is 0.289. The van der Waals surface area contributed by atoms with E-state index in [2.05, 4.69) is 10.0 Å². The number of hydrogen-bond acceptors (Lipinski definition) is 8. The molecule has 214 valence electrons. The Hall–Kier alpha value is -3.96. The summed E-state index contributed by atoms with van der Waals surface area (Å²) in [4.78, 5) is 14.7. The second-order valence-corrected chi connectivity index (χ2v) is 10.6. The van der Waals surface area contributed by atoms with Crippen LogP contribution < -0.4 is 29.1 Å². The molecule has 0 bridgehead atoms. The Morgan fingerprint density at radius 1 is 0.950 bits per heavy atom. The van der Waals surface area contributed by atoms with E-state index in [-0.39, 0.29) is 17.2 Å². The number of morpholine rings is 1. The fourth-order valence-electron chi connectivity index (χ4n) is 4.22. The van der Waals surface area contributed by atoms with Crippen molar-refractivity contribution in [3.63, 3.8) is 0 Å². The first-order valence-corrected chi connectivity index (χ1v) is 14.7. The number of methoxy groups -OCH3 is 1. The Balaban J connectivity index is 1.44. The van der Waals surface area contributed by atoms with Crippen LogP contribution in [0.3, 0.4) is 0 Å². The molecular formula is C29H35N3O7S. The molecule has 0 atom stereocenters. The van der Waals surface area contributed by atoms with Crippen molar-refractivity contribution in [2.24, 2.45) is 0 Å².